The van der Waals surface area contributed by atoms with Gasteiger partial charge in [0, 0.05) is 12.1 Å². The topological polar surface area (TPSA) is 32.9 Å². The van der Waals surface area contributed by atoms with Gasteiger partial charge in [-0.3, -0.25) is 4.79 Å². The number of ketones is 1. The molecule has 1 aromatic carbocycles. The summed E-state index contributed by atoms with van der Waals surface area (Å²) in [7, 11) is 0. The molecular formula is C17H21NO. The molecule has 0 saturated heterocycles. The normalized spacial score (nSPS) is 10.8. The van der Waals surface area contributed by atoms with E-state index < -0.39 is 0 Å². The van der Waals surface area contributed by atoms with E-state index in [9.17, 15) is 4.79 Å². The Morgan fingerprint density at radius 2 is 1.68 bits per heavy atom. The average molecular weight is 255 g/mol. The number of H-pyrrole nitrogens is 1. The third kappa shape index (κ3) is 2.62. The molecule has 0 radical (unpaired) electrons. The highest BCUT2D eigenvalue weighted by atomic mass is 16.1. The van der Waals surface area contributed by atoms with E-state index in [1.807, 2.05) is 26.8 Å². The first-order valence-corrected chi connectivity index (χ1v) is 6.65. The summed E-state index contributed by atoms with van der Waals surface area (Å²) in [6.45, 7) is 10.2. The maximum Gasteiger partial charge on any atom is 0.183 e. The van der Waals surface area contributed by atoms with E-state index in [-0.39, 0.29) is 5.78 Å². The summed E-state index contributed by atoms with van der Waals surface area (Å²) >= 11 is 0. The molecule has 0 aliphatic heterocycles. The van der Waals surface area contributed by atoms with Crippen LogP contribution in [-0.2, 0) is 6.42 Å². The largest absolute Gasteiger partial charge is 0.356 e. The molecule has 2 aromatic rings. The Morgan fingerprint density at radius 1 is 1.00 bits per heavy atom. The SMILES string of the molecule is Cc1ccc(CC(=O)c2[nH]c(C)c(C)c2C)cc1C. The number of aromatic amines is 1. The van der Waals surface area contributed by atoms with Gasteiger partial charge in [-0.2, -0.15) is 0 Å². The second-order valence-electron chi connectivity index (χ2n) is 5.39. The summed E-state index contributed by atoms with van der Waals surface area (Å²) < 4.78 is 0. The lowest BCUT2D eigenvalue weighted by Gasteiger charge is -2.05. The van der Waals surface area contributed by atoms with Crippen molar-refractivity contribution in [2.45, 2.75) is 41.0 Å². The lowest BCUT2D eigenvalue weighted by molar-refractivity contribution is 0.0988. The third-order valence-electron chi connectivity index (χ3n) is 4.03. The molecule has 0 aliphatic carbocycles. The highest BCUT2D eigenvalue weighted by Gasteiger charge is 2.15. The highest BCUT2D eigenvalue weighted by molar-refractivity contribution is 5.97. The van der Waals surface area contributed by atoms with Crippen molar-refractivity contribution in [2.75, 3.05) is 0 Å². The number of hydrogen-bond donors (Lipinski definition) is 1. The maximum absolute atomic E-state index is 12.4. The van der Waals surface area contributed by atoms with Gasteiger partial charge in [-0.1, -0.05) is 18.2 Å². The summed E-state index contributed by atoms with van der Waals surface area (Å²) in [4.78, 5) is 15.6. The van der Waals surface area contributed by atoms with Gasteiger partial charge in [-0.05, 0) is 62.4 Å². The lowest BCUT2D eigenvalue weighted by Crippen LogP contribution is -2.06. The lowest BCUT2D eigenvalue weighted by atomic mass is 10.0. The number of Topliss-reactive ketones (excluding diaryl/α,β-unsaturated/α-hetero) is 1. The summed E-state index contributed by atoms with van der Waals surface area (Å²) in [5.74, 6) is 0.164. The van der Waals surface area contributed by atoms with E-state index in [2.05, 4.69) is 31.0 Å². The third-order valence-corrected chi connectivity index (χ3v) is 4.03. The first-order valence-electron chi connectivity index (χ1n) is 6.65. The Hall–Kier alpha value is -1.83. The standard InChI is InChI=1S/C17H21NO/c1-10-6-7-15(8-11(10)2)9-16(19)17-13(4)12(3)14(5)18-17/h6-8,18H,9H2,1-5H3. The number of nitrogens with one attached hydrogen (secondary N) is 1. The summed E-state index contributed by atoms with van der Waals surface area (Å²) in [5.41, 5.74) is 7.68. The number of carbonyl (C=O) groups is 1. The fraction of sp³-hybridized carbons (Fsp3) is 0.353. The molecule has 0 spiro atoms. The number of aryl methyl sites for hydroxylation is 3. The van der Waals surface area contributed by atoms with Crippen molar-refractivity contribution in [2.24, 2.45) is 0 Å². The zero-order valence-corrected chi connectivity index (χ0v) is 12.3. The number of carbonyl (C=O) groups excluding carboxylic acids is 1. The van der Waals surface area contributed by atoms with Crippen LogP contribution < -0.4 is 0 Å². The van der Waals surface area contributed by atoms with Crippen molar-refractivity contribution < 1.29 is 4.79 Å². The quantitative estimate of drug-likeness (QED) is 0.827. The molecule has 1 N–H and O–H groups in total. The summed E-state index contributed by atoms with van der Waals surface area (Å²) in [6, 6.07) is 6.22. The van der Waals surface area contributed by atoms with Crippen LogP contribution in [0.15, 0.2) is 18.2 Å². The molecule has 0 aliphatic rings. The van der Waals surface area contributed by atoms with Crippen LogP contribution in [-0.4, -0.2) is 10.8 Å². The highest BCUT2D eigenvalue weighted by Crippen LogP contribution is 2.19. The molecule has 1 heterocycles. The van der Waals surface area contributed by atoms with E-state index in [0.29, 0.717) is 6.42 Å². The molecule has 2 nitrogen and oxygen atoms in total. The molecule has 0 bridgehead atoms. The van der Waals surface area contributed by atoms with Gasteiger partial charge in [0.25, 0.3) is 0 Å². The van der Waals surface area contributed by atoms with Crippen molar-refractivity contribution in [1.82, 2.24) is 4.98 Å². The molecule has 0 fully saturated rings. The second-order valence-corrected chi connectivity index (χ2v) is 5.39. The van der Waals surface area contributed by atoms with Gasteiger partial charge in [-0.25, -0.2) is 0 Å². The molecular weight excluding hydrogens is 234 g/mol. The maximum atomic E-state index is 12.4. The Bertz CT molecular complexity index is 635. The Morgan fingerprint density at radius 3 is 2.21 bits per heavy atom. The van der Waals surface area contributed by atoms with Crippen molar-refractivity contribution in [3.8, 4) is 0 Å². The van der Waals surface area contributed by atoms with E-state index in [0.717, 1.165) is 22.5 Å². The predicted octanol–water partition coefficient (Wildman–Crippen LogP) is 3.98. The molecule has 2 heteroatoms. The van der Waals surface area contributed by atoms with Gasteiger partial charge < -0.3 is 4.98 Å². The van der Waals surface area contributed by atoms with Crippen LogP contribution in [0.3, 0.4) is 0 Å². The smallest absolute Gasteiger partial charge is 0.183 e. The van der Waals surface area contributed by atoms with Gasteiger partial charge >= 0.3 is 0 Å². The van der Waals surface area contributed by atoms with Crippen LogP contribution in [0.2, 0.25) is 0 Å². The number of rotatable bonds is 3. The minimum absolute atomic E-state index is 0.164. The zero-order valence-electron chi connectivity index (χ0n) is 12.3. The molecule has 19 heavy (non-hydrogen) atoms. The van der Waals surface area contributed by atoms with Crippen LogP contribution in [0, 0.1) is 34.6 Å². The van der Waals surface area contributed by atoms with E-state index >= 15 is 0 Å². The van der Waals surface area contributed by atoms with E-state index in [1.165, 1.54) is 16.7 Å². The first kappa shape index (κ1) is 13.6. The Labute approximate surface area is 114 Å². The van der Waals surface area contributed by atoms with Gasteiger partial charge in [0.2, 0.25) is 0 Å². The fourth-order valence-electron chi connectivity index (χ4n) is 2.31. The van der Waals surface area contributed by atoms with Crippen molar-refractivity contribution in [3.05, 3.63) is 57.4 Å². The fourth-order valence-corrected chi connectivity index (χ4v) is 2.31. The Kier molecular flexibility index (Phi) is 3.61. The molecule has 0 amide bonds. The summed E-state index contributed by atoms with van der Waals surface area (Å²) in [6.07, 6.45) is 0.460. The average Bonchev–Trinajstić information content (AvgIpc) is 2.62. The molecule has 1 aromatic heterocycles. The minimum Gasteiger partial charge on any atom is -0.356 e. The van der Waals surface area contributed by atoms with Gasteiger partial charge in [0.1, 0.15) is 0 Å². The number of hydrogen-bond acceptors (Lipinski definition) is 1. The van der Waals surface area contributed by atoms with E-state index in [1.54, 1.807) is 0 Å². The van der Waals surface area contributed by atoms with Gasteiger partial charge in [0.05, 0.1) is 5.69 Å². The van der Waals surface area contributed by atoms with Crippen LogP contribution in [0.25, 0.3) is 0 Å². The number of benzene rings is 1. The molecule has 0 unspecified atom stereocenters. The van der Waals surface area contributed by atoms with Crippen LogP contribution >= 0.6 is 0 Å². The van der Waals surface area contributed by atoms with Gasteiger partial charge in [-0.15, -0.1) is 0 Å². The van der Waals surface area contributed by atoms with Crippen LogP contribution in [0.4, 0.5) is 0 Å². The molecule has 0 saturated carbocycles. The van der Waals surface area contributed by atoms with Gasteiger partial charge in [0.15, 0.2) is 5.78 Å². The number of aromatic nitrogens is 1. The van der Waals surface area contributed by atoms with Crippen molar-refractivity contribution in [1.29, 1.82) is 0 Å². The van der Waals surface area contributed by atoms with Crippen molar-refractivity contribution in [3.63, 3.8) is 0 Å². The Balaban J connectivity index is 2.25. The summed E-state index contributed by atoms with van der Waals surface area (Å²) in [5, 5.41) is 0. The minimum atomic E-state index is 0.164. The predicted molar refractivity (Wildman–Crippen MR) is 79.0 cm³/mol. The zero-order chi connectivity index (χ0) is 14.2. The second kappa shape index (κ2) is 5.04. The van der Waals surface area contributed by atoms with E-state index in [4.69, 9.17) is 0 Å². The van der Waals surface area contributed by atoms with Crippen LogP contribution in [0.1, 0.15) is 44.0 Å². The molecule has 0 atom stereocenters. The molecule has 100 valence electrons. The van der Waals surface area contributed by atoms with Crippen LogP contribution in [0.5, 0.6) is 0 Å². The first-order chi connectivity index (χ1) is 8.90. The molecule has 2 rings (SSSR count). The van der Waals surface area contributed by atoms with Crippen molar-refractivity contribution >= 4 is 5.78 Å². The monoisotopic (exact) mass is 255 g/mol.